The van der Waals surface area contributed by atoms with E-state index in [1.807, 2.05) is 55.5 Å². The van der Waals surface area contributed by atoms with Crippen molar-refractivity contribution >= 4 is 77.3 Å². The van der Waals surface area contributed by atoms with E-state index in [1.165, 1.54) is 12.5 Å². The van der Waals surface area contributed by atoms with Crippen molar-refractivity contribution in [3.63, 3.8) is 0 Å². The van der Waals surface area contributed by atoms with E-state index in [9.17, 15) is 16.8 Å². The monoisotopic (exact) mass is 1070 g/mol. The number of aromatic nitrogens is 6. The summed E-state index contributed by atoms with van der Waals surface area (Å²) in [6.45, 7) is 21.9. The summed E-state index contributed by atoms with van der Waals surface area (Å²) in [5.74, 6) is 2.47. The van der Waals surface area contributed by atoms with Crippen LogP contribution in [0.15, 0.2) is 73.1 Å². The molecule has 5 aliphatic rings. The molecule has 3 fully saturated rings. The minimum Gasteiger partial charge on any atom is -0.486 e. The number of benzene rings is 2. The number of rotatable bonds is 6. The SMILES string of the molecule is CC1(C)OB(c2ccc3ncccc3c2)OC1(C)C.C[C@@H]1COC[C@H]2COc3c(nc(-c4ccc5ncccc5c4)nc3C(C)(C)S(C)(=O)=O)N21.C[C@@H]1COC[C@H]2COc3c(nc(Cl)nc3C(C)(C)S(C)(=O)=O)N21. The molecule has 0 saturated carbocycles. The lowest BCUT2D eigenvalue weighted by atomic mass is 9.78. The summed E-state index contributed by atoms with van der Waals surface area (Å²) >= 11 is 6.09. The zero-order chi connectivity index (χ0) is 53.3. The number of ether oxygens (including phenoxy) is 4. The molecule has 18 nitrogen and oxygen atoms in total. The number of halogens is 1. The number of hydrogen-bond donors (Lipinski definition) is 0. The Kier molecular flexibility index (Phi) is 14.2. The van der Waals surface area contributed by atoms with Crippen molar-refractivity contribution < 1.29 is 45.1 Å². The van der Waals surface area contributed by atoms with Gasteiger partial charge in [-0.25, -0.2) is 31.8 Å². The maximum absolute atomic E-state index is 12.8. The summed E-state index contributed by atoms with van der Waals surface area (Å²) < 4.78 is 82.7. The molecule has 9 heterocycles. The second-order valence-electron chi connectivity index (χ2n) is 21.6. The molecule has 4 atom stereocenters. The topological polar surface area (TPSA) is 207 Å². The second kappa shape index (κ2) is 19.7. The quantitative estimate of drug-likeness (QED) is 0.123. The van der Waals surface area contributed by atoms with Crippen molar-refractivity contribution in [2.24, 2.45) is 0 Å². The van der Waals surface area contributed by atoms with Gasteiger partial charge < -0.3 is 38.1 Å². The van der Waals surface area contributed by atoms with Crippen LogP contribution in [0.25, 0.3) is 33.2 Å². The van der Waals surface area contributed by atoms with Crippen LogP contribution in [-0.4, -0.2) is 141 Å². The molecule has 6 aromatic rings. The van der Waals surface area contributed by atoms with Crippen LogP contribution in [0.5, 0.6) is 11.5 Å². The van der Waals surface area contributed by atoms with Crippen molar-refractivity contribution in [3.8, 4) is 22.9 Å². The summed E-state index contributed by atoms with van der Waals surface area (Å²) in [7, 11) is -7.22. The van der Waals surface area contributed by atoms with Crippen LogP contribution < -0.4 is 24.7 Å². The van der Waals surface area contributed by atoms with Gasteiger partial charge in [-0.3, -0.25) is 9.97 Å². The Morgan fingerprint density at radius 3 is 1.61 bits per heavy atom. The molecule has 5 aliphatic heterocycles. The predicted molar refractivity (Wildman–Crippen MR) is 287 cm³/mol. The fraction of sp³-hybridized carbons (Fsp3) is 0.500. The third-order valence-electron chi connectivity index (χ3n) is 15.1. The van der Waals surface area contributed by atoms with Gasteiger partial charge >= 0.3 is 7.12 Å². The first-order chi connectivity index (χ1) is 34.7. The lowest BCUT2D eigenvalue weighted by molar-refractivity contribution is 0.00578. The summed E-state index contributed by atoms with van der Waals surface area (Å²) in [6.07, 6.45) is 5.96. The van der Waals surface area contributed by atoms with E-state index in [0.29, 0.717) is 80.0 Å². The normalized spacial score (nSPS) is 22.1. The average molecular weight is 1070 g/mol. The molecule has 3 saturated heterocycles. The van der Waals surface area contributed by atoms with Gasteiger partial charge in [0.2, 0.25) is 5.28 Å². The summed E-state index contributed by atoms with van der Waals surface area (Å²) in [5, 5.41) is 2.08. The molecule has 0 unspecified atom stereocenters. The maximum atomic E-state index is 12.8. The van der Waals surface area contributed by atoms with E-state index in [0.717, 1.165) is 32.8 Å². The van der Waals surface area contributed by atoms with Crippen LogP contribution in [0.3, 0.4) is 0 Å². The van der Waals surface area contributed by atoms with Gasteiger partial charge in [-0.1, -0.05) is 24.3 Å². The Balaban J connectivity index is 0.000000142. The molecule has 0 radical (unpaired) electrons. The maximum Gasteiger partial charge on any atom is 0.494 e. The van der Waals surface area contributed by atoms with Crippen LogP contribution in [0, 0.1) is 0 Å². The number of fused-ring (bicyclic) bond motifs is 8. The van der Waals surface area contributed by atoms with E-state index < -0.39 is 29.2 Å². The van der Waals surface area contributed by atoms with Crippen LogP contribution >= 0.6 is 11.6 Å². The molecule has 11 rings (SSSR count). The summed E-state index contributed by atoms with van der Waals surface area (Å²) in [6, 6.07) is 20.0. The molecule has 74 heavy (non-hydrogen) atoms. The van der Waals surface area contributed by atoms with Gasteiger partial charge in [-0.05, 0) is 128 Å². The molecule has 4 aromatic heterocycles. The van der Waals surface area contributed by atoms with Crippen LogP contribution in [-0.2, 0) is 48.0 Å². The van der Waals surface area contributed by atoms with Crippen molar-refractivity contribution in [1.82, 2.24) is 29.9 Å². The minimum atomic E-state index is -3.49. The minimum absolute atomic E-state index is 0.0124. The molecule has 0 bridgehead atoms. The van der Waals surface area contributed by atoms with Gasteiger partial charge in [0.05, 0.1) is 72.8 Å². The number of nitrogens with zero attached hydrogens (tertiary/aromatic N) is 8. The fourth-order valence-corrected chi connectivity index (χ4v) is 10.5. The van der Waals surface area contributed by atoms with Crippen LogP contribution in [0.1, 0.15) is 80.6 Å². The highest BCUT2D eigenvalue weighted by atomic mass is 35.5. The third kappa shape index (κ3) is 10.0. The molecule has 0 amide bonds. The smallest absolute Gasteiger partial charge is 0.486 e. The Morgan fingerprint density at radius 1 is 0.622 bits per heavy atom. The van der Waals surface area contributed by atoms with E-state index in [2.05, 4.69) is 76.5 Å². The van der Waals surface area contributed by atoms with Crippen LogP contribution in [0.4, 0.5) is 11.6 Å². The predicted octanol–water partition coefficient (Wildman–Crippen LogP) is 6.89. The molecule has 0 N–H and O–H groups in total. The van der Waals surface area contributed by atoms with Crippen molar-refractivity contribution in [3.05, 3.63) is 89.7 Å². The molecule has 22 heteroatoms. The number of anilines is 2. The van der Waals surface area contributed by atoms with E-state index in [1.54, 1.807) is 40.1 Å². The molecule has 394 valence electrons. The summed E-state index contributed by atoms with van der Waals surface area (Å²) in [5.41, 5.74) is 3.76. The highest BCUT2D eigenvalue weighted by Crippen LogP contribution is 2.46. The van der Waals surface area contributed by atoms with Gasteiger partial charge in [-0.15, -0.1) is 0 Å². The number of pyridine rings is 2. The van der Waals surface area contributed by atoms with Gasteiger partial charge in [0.25, 0.3) is 0 Å². The molecule has 0 spiro atoms. The van der Waals surface area contributed by atoms with E-state index in [4.69, 9.17) is 49.8 Å². The largest absolute Gasteiger partial charge is 0.494 e. The second-order valence-corrected chi connectivity index (χ2v) is 27.0. The summed E-state index contributed by atoms with van der Waals surface area (Å²) in [4.78, 5) is 31.1. The fourth-order valence-electron chi connectivity index (χ4n) is 9.37. The van der Waals surface area contributed by atoms with Crippen molar-refractivity contribution in [2.45, 2.75) is 114 Å². The molecule has 0 aliphatic carbocycles. The first kappa shape index (κ1) is 53.5. The lowest BCUT2D eigenvalue weighted by Gasteiger charge is -2.45. The van der Waals surface area contributed by atoms with Gasteiger partial charge in [-0.2, -0.15) is 4.98 Å². The number of morpholine rings is 2. The number of sulfone groups is 2. The highest BCUT2D eigenvalue weighted by Gasteiger charge is 2.52. The Hall–Kier alpha value is -5.29. The Morgan fingerprint density at radius 2 is 1.09 bits per heavy atom. The van der Waals surface area contributed by atoms with Crippen molar-refractivity contribution in [2.75, 3.05) is 62.0 Å². The lowest BCUT2D eigenvalue weighted by Crippen LogP contribution is -2.56. The first-order valence-electron chi connectivity index (χ1n) is 24.6. The van der Waals surface area contributed by atoms with Gasteiger partial charge in [0.1, 0.15) is 34.1 Å². The standard InChI is InChI=1S/C23H26N4O4S.C15H18BNO2.C14H20ClN3O4S/c1-14-11-30-12-17-13-31-19-20(23(2,3)32(4,28)29)25-21(26-22(19)27(14)17)16-7-8-18-15(10-16)6-5-9-24-18;1-14(2)15(3,4)19-16(18-14)12-7-8-13-11(10-12)6-5-9-17-13;1-8-5-21-6-9-7-22-10-11(14(2,3)23(4,19)20)16-13(15)17-12(10)18(8)9/h5-10,14,17H,11-13H2,1-4H3;5-10H,1-4H3;8-9H,5-7H2,1-4H3/t14-,17+;;8-,9+/m1.1/s1. The van der Waals surface area contributed by atoms with Gasteiger partial charge in [0, 0.05) is 35.9 Å². The van der Waals surface area contributed by atoms with E-state index >= 15 is 0 Å². The zero-order valence-electron chi connectivity index (χ0n) is 43.9. The number of hydrogen-bond acceptors (Lipinski definition) is 18. The van der Waals surface area contributed by atoms with Crippen LogP contribution in [0.2, 0.25) is 5.28 Å². The van der Waals surface area contributed by atoms with Gasteiger partial charge in [0.15, 0.2) is 48.6 Å². The molecular weight excluding hydrogens is 1010 g/mol. The zero-order valence-corrected chi connectivity index (χ0v) is 46.3. The Labute approximate surface area is 438 Å². The first-order valence-corrected chi connectivity index (χ1v) is 28.8. The van der Waals surface area contributed by atoms with Crippen molar-refractivity contribution in [1.29, 1.82) is 0 Å². The highest BCUT2D eigenvalue weighted by molar-refractivity contribution is 7.91. The van der Waals surface area contributed by atoms with E-state index in [-0.39, 0.29) is 47.8 Å². The molecule has 2 aromatic carbocycles. The third-order valence-corrected chi connectivity index (χ3v) is 19.3. The molecular formula is C52H64BClN8O10S2. The Bertz CT molecular complexity index is 3330. The average Bonchev–Trinajstić information content (AvgIpc) is 3.58.